The SMILES string of the molecule is O=C(c1cc2c([nH]1)CCC2)N1CCNCC1. The van der Waals surface area contributed by atoms with Crippen molar-refractivity contribution >= 4 is 5.91 Å². The lowest BCUT2D eigenvalue weighted by Crippen LogP contribution is -2.46. The highest BCUT2D eigenvalue weighted by Gasteiger charge is 2.22. The van der Waals surface area contributed by atoms with Crippen molar-refractivity contribution in [1.29, 1.82) is 0 Å². The summed E-state index contributed by atoms with van der Waals surface area (Å²) in [6.07, 6.45) is 3.45. The maximum Gasteiger partial charge on any atom is 0.270 e. The summed E-state index contributed by atoms with van der Waals surface area (Å²) in [5.74, 6) is 0.163. The largest absolute Gasteiger partial charge is 0.354 e. The number of hydrogen-bond acceptors (Lipinski definition) is 2. The molecule has 0 aromatic carbocycles. The highest BCUT2D eigenvalue weighted by molar-refractivity contribution is 5.93. The fourth-order valence-corrected chi connectivity index (χ4v) is 2.60. The zero-order chi connectivity index (χ0) is 11.0. The van der Waals surface area contributed by atoms with Crippen LogP contribution in [0.5, 0.6) is 0 Å². The minimum absolute atomic E-state index is 0.163. The molecule has 0 spiro atoms. The molecule has 3 rings (SSSR count). The molecule has 1 aliphatic heterocycles. The van der Waals surface area contributed by atoms with E-state index in [-0.39, 0.29) is 5.91 Å². The van der Waals surface area contributed by atoms with Gasteiger partial charge in [-0.1, -0.05) is 0 Å². The number of aromatic nitrogens is 1. The topological polar surface area (TPSA) is 48.1 Å². The van der Waals surface area contributed by atoms with E-state index in [9.17, 15) is 4.79 Å². The minimum Gasteiger partial charge on any atom is -0.354 e. The van der Waals surface area contributed by atoms with Crippen molar-refractivity contribution in [3.8, 4) is 0 Å². The van der Waals surface area contributed by atoms with Crippen LogP contribution >= 0.6 is 0 Å². The molecule has 2 N–H and O–H groups in total. The lowest BCUT2D eigenvalue weighted by atomic mass is 10.2. The molecule has 0 radical (unpaired) electrons. The number of H-pyrrole nitrogens is 1. The van der Waals surface area contributed by atoms with E-state index < -0.39 is 0 Å². The van der Waals surface area contributed by atoms with Crippen molar-refractivity contribution in [2.24, 2.45) is 0 Å². The number of nitrogens with one attached hydrogen (secondary N) is 2. The zero-order valence-corrected chi connectivity index (χ0v) is 9.38. The molecule has 1 saturated heterocycles. The van der Waals surface area contributed by atoms with Crippen molar-refractivity contribution in [1.82, 2.24) is 15.2 Å². The first-order chi connectivity index (χ1) is 7.84. The van der Waals surface area contributed by atoms with Crippen LogP contribution in [0.25, 0.3) is 0 Å². The summed E-state index contributed by atoms with van der Waals surface area (Å²) in [6.45, 7) is 3.46. The second-order valence-corrected chi connectivity index (χ2v) is 4.58. The molecule has 2 aliphatic rings. The maximum atomic E-state index is 12.2. The summed E-state index contributed by atoms with van der Waals surface area (Å²) < 4.78 is 0. The summed E-state index contributed by atoms with van der Waals surface area (Å²) in [4.78, 5) is 17.4. The van der Waals surface area contributed by atoms with Gasteiger partial charge >= 0.3 is 0 Å². The molecule has 16 heavy (non-hydrogen) atoms. The molecule has 1 fully saturated rings. The van der Waals surface area contributed by atoms with E-state index in [1.54, 1.807) is 0 Å². The average Bonchev–Trinajstić information content (AvgIpc) is 2.89. The van der Waals surface area contributed by atoms with Crippen molar-refractivity contribution in [3.05, 3.63) is 23.0 Å². The molecule has 86 valence electrons. The Hall–Kier alpha value is -1.29. The Balaban J connectivity index is 1.78. The Bertz CT molecular complexity index is 383. The van der Waals surface area contributed by atoms with Gasteiger partial charge in [0.05, 0.1) is 0 Å². The highest BCUT2D eigenvalue weighted by Crippen LogP contribution is 2.22. The molecule has 0 saturated carbocycles. The van der Waals surface area contributed by atoms with Crippen LogP contribution in [0, 0.1) is 0 Å². The van der Waals surface area contributed by atoms with Gasteiger partial charge in [0, 0.05) is 31.9 Å². The second kappa shape index (κ2) is 3.94. The smallest absolute Gasteiger partial charge is 0.270 e. The summed E-state index contributed by atoms with van der Waals surface area (Å²) in [7, 11) is 0. The van der Waals surface area contributed by atoms with Gasteiger partial charge in [0.2, 0.25) is 0 Å². The number of nitrogens with zero attached hydrogens (tertiary/aromatic N) is 1. The lowest BCUT2D eigenvalue weighted by Gasteiger charge is -2.26. The van der Waals surface area contributed by atoms with Gasteiger partial charge < -0.3 is 15.2 Å². The van der Waals surface area contributed by atoms with E-state index in [0.717, 1.165) is 44.7 Å². The third-order valence-electron chi connectivity index (χ3n) is 3.50. The Morgan fingerprint density at radius 1 is 1.25 bits per heavy atom. The molecular weight excluding hydrogens is 202 g/mol. The van der Waals surface area contributed by atoms with Crippen LogP contribution in [-0.2, 0) is 12.8 Å². The third kappa shape index (κ3) is 1.63. The monoisotopic (exact) mass is 219 g/mol. The summed E-state index contributed by atoms with van der Waals surface area (Å²) in [5, 5.41) is 3.26. The van der Waals surface area contributed by atoms with Crippen molar-refractivity contribution in [2.45, 2.75) is 19.3 Å². The van der Waals surface area contributed by atoms with Crippen molar-refractivity contribution in [3.63, 3.8) is 0 Å². The molecule has 1 aliphatic carbocycles. The molecule has 4 heteroatoms. The molecule has 1 aromatic heterocycles. The number of carbonyl (C=O) groups is 1. The number of hydrogen-bond donors (Lipinski definition) is 2. The van der Waals surface area contributed by atoms with Gasteiger partial charge in [0.25, 0.3) is 5.91 Å². The molecule has 4 nitrogen and oxygen atoms in total. The maximum absolute atomic E-state index is 12.2. The van der Waals surface area contributed by atoms with Crippen LogP contribution in [0.15, 0.2) is 6.07 Å². The van der Waals surface area contributed by atoms with Gasteiger partial charge in [-0.25, -0.2) is 0 Å². The number of rotatable bonds is 1. The average molecular weight is 219 g/mol. The van der Waals surface area contributed by atoms with Crippen LogP contribution in [0.1, 0.15) is 28.2 Å². The van der Waals surface area contributed by atoms with Crippen LogP contribution in [0.2, 0.25) is 0 Å². The van der Waals surface area contributed by atoms with Gasteiger partial charge in [-0.05, 0) is 30.9 Å². The first kappa shape index (κ1) is 9.90. The van der Waals surface area contributed by atoms with E-state index >= 15 is 0 Å². The number of fused-ring (bicyclic) bond motifs is 1. The van der Waals surface area contributed by atoms with E-state index in [1.807, 2.05) is 11.0 Å². The van der Waals surface area contributed by atoms with E-state index in [2.05, 4.69) is 10.3 Å². The molecular formula is C12H17N3O. The van der Waals surface area contributed by atoms with E-state index in [4.69, 9.17) is 0 Å². The van der Waals surface area contributed by atoms with Crippen LogP contribution < -0.4 is 5.32 Å². The quantitative estimate of drug-likeness (QED) is 0.724. The normalized spacial score (nSPS) is 19.9. The predicted molar refractivity (Wildman–Crippen MR) is 61.6 cm³/mol. The third-order valence-corrected chi connectivity index (χ3v) is 3.50. The Morgan fingerprint density at radius 2 is 2.06 bits per heavy atom. The summed E-state index contributed by atoms with van der Waals surface area (Å²) >= 11 is 0. The second-order valence-electron chi connectivity index (χ2n) is 4.58. The van der Waals surface area contributed by atoms with E-state index in [0.29, 0.717) is 0 Å². The van der Waals surface area contributed by atoms with Crippen LogP contribution in [0.3, 0.4) is 0 Å². The number of aromatic amines is 1. The Labute approximate surface area is 95.0 Å². The molecule has 0 unspecified atom stereocenters. The van der Waals surface area contributed by atoms with Crippen LogP contribution in [-0.4, -0.2) is 42.0 Å². The van der Waals surface area contributed by atoms with Crippen molar-refractivity contribution < 1.29 is 4.79 Å². The van der Waals surface area contributed by atoms with Gasteiger partial charge in [-0.15, -0.1) is 0 Å². The number of carbonyl (C=O) groups excluding carboxylic acids is 1. The van der Waals surface area contributed by atoms with Crippen molar-refractivity contribution in [2.75, 3.05) is 26.2 Å². The van der Waals surface area contributed by atoms with Crippen LogP contribution in [0.4, 0.5) is 0 Å². The first-order valence-electron chi connectivity index (χ1n) is 6.05. The number of amides is 1. The fourth-order valence-electron chi connectivity index (χ4n) is 2.60. The number of piperazine rings is 1. The molecule has 2 heterocycles. The fraction of sp³-hybridized carbons (Fsp3) is 0.583. The summed E-state index contributed by atoms with van der Waals surface area (Å²) in [6, 6.07) is 2.05. The predicted octanol–water partition coefficient (Wildman–Crippen LogP) is 0.549. The van der Waals surface area contributed by atoms with E-state index in [1.165, 1.54) is 17.7 Å². The van der Waals surface area contributed by atoms with Gasteiger partial charge in [-0.3, -0.25) is 4.79 Å². The summed E-state index contributed by atoms with van der Waals surface area (Å²) in [5.41, 5.74) is 3.41. The zero-order valence-electron chi connectivity index (χ0n) is 9.38. The van der Waals surface area contributed by atoms with Gasteiger partial charge in [0.15, 0.2) is 0 Å². The minimum atomic E-state index is 0.163. The highest BCUT2D eigenvalue weighted by atomic mass is 16.2. The lowest BCUT2D eigenvalue weighted by molar-refractivity contribution is 0.0730. The van der Waals surface area contributed by atoms with Gasteiger partial charge in [0.1, 0.15) is 5.69 Å². The first-order valence-corrected chi connectivity index (χ1v) is 6.05. The standard InChI is InChI=1S/C12H17N3O/c16-12(15-6-4-13-5-7-15)11-8-9-2-1-3-10(9)14-11/h8,13-14H,1-7H2. The number of aryl methyl sites for hydroxylation is 2. The molecule has 1 aromatic rings. The Morgan fingerprint density at radius 3 is 2.81 bits per heavy atom. The Kier molecular flexibility index (Phi) is 2.44. The molecule has 0 bridgehead atoms. The molecule has 1 amide bonds. The van der Waals surface area contributed by atoms with Gasteiger partial charge in [-0.2, -0.15) is 0 Å². The molecule has 0 atom stereocenters.